The first-order valence-electron chi connectivity index (χ1n) is 8.32. The molecule has 28 heavy (non-hydrogen) atoms. The number of rotatable bonds is 3. The minimum atomic E-state index is -0.598. The monoisotopic (exact) mass is 375 g/mol. The minimum Gasteiger partial charge on any atom is -0.228 e. The normalized spacial score (nSPS) is 11.2. The maximum absolute atomic E-state index is 13.7. The fourth-order valence-electron chi connectivity index (χ4n) is 2.93. The van der Waals surface area contributed by atoms with Crippen molar-refractivity contribution in [3.63, 3.8) is 0 Å². The van der Waals surface area contributed by atoms with Crippen LogP contribution in [0.2, 0.25) is 0 Å². The van der Waals surface area contributed by atoms with Crippen molar-refractivity contribution in [3.05, 3.63) is 79.0 Å². The van der Waals surface area contributed by atoms with E-state index in [9.17, 15) is 8.78 Å². The van der Waals surface area contributed by atoms with Gasteiger partial charge in [0.15, 0.2) is 11.5 Å². The Morgan fingerprint density at radius 2 is 1.71 bits per heavy atom. The second-order valence-corrected chi connectivity index (χ2v) is 6.04. The van der Waals surface area contributed by atoms with E-state index in [4.69, 9.17) is 0 Å². The van der Waals surface area contributed by atoms with E-state index >= 15 is 0 Å². The Hall–Kier alpha value is -4.01. The van der Waals surface area contributed by atoms with E-state index < -0.39 is 5.95 Å². The number of fused-ring (bicyclic) bond motifs is 1. The third-order valence-corrected chi connectivity index (χ3v) is 4.25. The van der Waals surface area contributed by atoms with Crippen molar-refractivity contribution in [1.29, 1.82) is 0 Å². The summed E-state index contributed by atoms with van der Waals surface area (Å²) in [5, 5.41) is 16.8. The molecule has 0 fully saturated rings. The highest BCUT2D eigenvalue weighted by atomic mass is 19.1. The van der Waals surface area contributed by atoms with Gasteiger partial charge in [0.2, 0.25) is 5.95 Å². The van der Waals surface area contributed by atoms with Crippen LogP contribution in [0.1, 0.15) is 0 Å². The number of nitrogens with zero attached hydrogens (tertiary/aromatic N) is 7. The number of benzene rings is 1. The van der Waals surface area contributed by atoms with Crippen molar-refractivity contribution in [2.24, 2.45) is 0 Å². The molecule has 9 heteroatoms. The van der Waals surface area contributed by atoms with Gasteiger partial charge in [-0.1, -0.05) is 0 Å². The fraction of sp³-hybridized carbons (Fsp3) is 0. The zero-order valence-corrected chi connectivity index (χ0v) is 14.2. The van der Waals surface area contributed by atoms with Crippen LogP contribution in [0.3, 0.4) is 0 Å². The molecule has 5 aromatic rings. The minimum absolute atomic E-state index is 0.348. The molecule has 0 saturated carbocycles. The van der Waals surface area contributed by atoms with Crippen molar-refractivity contribution in [1.82, 2.24) is 34.6 Å². The molecule has 0 unspecified atom stereocenters. The summed E-state index contributed by atoms with van der Waals surface area (Å²) in [7, 11) is 0. The molecule has 5 rings (SSSR count). The number of halogens is 2. The van der Waals surface area contributed by atoms with Crippen molar-refractivity contribution in [2.45, 2.75) is 0 Å². The largest absolute Gasteiger partial charge is 0.228 e. The quantitative estimate of drug-likeness (QED) is 0.452. The molecule has 0 spiro atoms. The number of hydrogen-bond donors (Lipinski definition) is 0. The standard InChI is InChI=1S/C19H11F2N7/c20-14-3-1-12(2-4-14)19-15(13-7-8-22-16(21)9-13)10-27(26-19)18-6-5-17-24-23-11-28(17)25-18/h1-11H. The van der Waals surface area contributed by atoms with E-state index in [2.05, 4.69) is 25.4 Å². The summed E-state index contributed by atoms with van der Waals surface area (Å²) in [6.07, 6.45) is 4.62. The SMILES string of the molecule is Fc1ccc(-c2nn(-c3ccc4nncn4n3)cc2-c2ccnc(F)c2)cc1. The van der Waals surface area contributed by atoms with Crippen molar-refractivity contribution in [3.8, 4) is 28.2 Å². The van der Waals surface area contributed by atoms with Crippen LogP contribution in [-0.4, -0.2) is 34.6 Å². The summed E-state index contributed by atoms with van der Waals surface area (Å²) < 4.78 is 30.2. The summed E-state index contributed by atoms with van der Waals surface area (Å²) in [6, 6.07) is 12.5. The van der Waals surface area contributed by atoms with Crippen molar-refractivity contribution >= 4 is 5.65 Å². The Morgan fingerprint density at radius 3 is 2.54 bits per heavy atom. The van der Waals surface area contributed by atoms with Crippen molar-refractivity contribution < 1.29 is 8.78 Å². The lowest BCUT2D eigenvalue weighted by atomic mass is 10.0. The lowest BCUT2D eigenvalue weighted by Crippen LogP contribution is -2.02. The van der Waals surface area contributed by atoms with Crippen LogP contribution in [0, 0.1) is 11.8 Å². The highest BCUT2D eigenvalue weighted by molar-refractivity contribution is 5.80. The van der Waals surface area contributed by atoms with Crippen LogP contribution in [0.25, 0.3) is 33.8 Å². The number of aromatic nitrogens is 7. The van der Waals surface area contributed by atoms with Gasteiger partial charge in [0, 0.05) is 29.6 Å². The first-order valence-corrected chi connectivity index (χ1v) is 8.32. The molecular weight excluding hydrogens is 364 g/mol. The van der Waals surface area contributed by atoms with E-state index in [-0.39, 0.29) is 5.82 Å². The Morgan fingerprint density at radius 1 is 0.857 bits per heavy atom. The average molecular weight is 375 g/mol. The molecule has 0 atom stereocenters. The van der Waals surface area contributed by atoms with Gasteiger partial charge in [-0.3, -0.25) is 0 Å². The lowest BCUT2D eigenvalue weighted by molar-refractivity contribution is 0.584. The first-order chi connectivity index (χ1) is 13.7. The topological polar surface area (TPSA) is 73.8 Å². The van der Waals surface area contributed by atoms with Gasteiger partial charge >= 0.3 is 0 Å². The molecular formula is C19H11F2N7. The summed E-state index contributed by atoms with van der Waals surface area (Å²) >= 11 is 0. The van der Waals surface area contributed by atoms with Gasteiger partial charge in [-0.05, 0) is 48.0 Å². The van der Waals surface area contributed by atoms with E-state index in [1.807, 2.05) is 0 Å². The van der Waals surface area contributed by atoms with Crippen molar-refractivity contribution in [2.75, 3.05) is 0 Å². The molecule has 0 aliphatic rings. The maximum Gasteiger partial charge on any atom is 0.213 e. The third-order valence-electron chi connectivity index (χ3n) is 4.25. The molecule has 4 aromatic heterocycles. The van der Waals surface area contributed by atoms with Crippen LogP contribution in [0.15, 0.2) is 67.3 Å². The molecule has 0 aliphatic carbocycles. The summed E-state index contributed by atoms with van der Waals surface area (Å²) in [6.45, 7) is 0. The lowest BCUT2D eigenvalue weighted by Gasteiger charge is -2.02. The maximum atomic E-state index is 13.7. The highest BCUT2D eigenvalue weighted by Gasteiger charge is 2.16. The van der Waals surface area contributed by atoms with E-state index in [0.717, 1.165) is 0 Å². The van der Waals surface area contributed by atoms with E-state index in [1.54, 1.807) is 41.2 Å². The predicted octanol–water partition coefficient (Wildman–Crippen LogP) is 3.32. The van der Waals surface area contributed by atoms with Gasteiger partial charge in [-0.15, -0.1) is 15.3 Å². The predicted molar refractivity (Wildman–Crippen MR) is 96.5 cm³/mol. The number of pyridine rings is 1. The van der Waals surface area contributed by atoms with Crippen LogP contribution in [-0.2, 0) is 0 Å². The molecule has 0 bridgehead atoms. The molecule has 0 saturated heterocycles. The van der Waals surface area contributed by atoms with Gasteiger partial charge in [0.25, 0.3) is 0 Å². The Labute approximate surface area is 156 Å². The van der Waals surface area contributed by atoms with Crippen LogP contribution in [0.4, 0.5) is 8.78 Å². The van der Waals surface area contributed by atoms with Crippen LogP contribution >= 0.6 is 0 Å². The Balaban J connectivity index is 1.71. The zero-order chi connectivity index (χ0) is 19.1. The van der Waals surface area contributed by atoms with E-state index in [1.165, 1.54) is 35.2 Å². The molecule has 1 aromatic carbocycles. The first kappa shape index (κ1) is 16.2. The van der Waals surface area contributed by atoms with Crippen LogP contribution < -0.4 is 0 Å². The second-order valence-electron chi connectivity index (χ2n) is 6.04. The Bertz CT molecular complexity index is 1290. The summed E-state index contributed by atoms with van der Waals surface area (Å²) in [4.78, 5) is 3.60. The molecule has 0 amide bonds. The van der Waals surface area contributed by atoms with Gasteiger partial charge in [0.05, 0.1) is 0 Å². The van der Waals surface area contributed by atoms with Gasteiger partial charge in [-0.25, -0.2) is 14.1 Å². The van der Waals surface area contributed by atoms with Gasteiger partial charge < -0.3 is 0 Å². The molecule has 136 valence electrons. The number of hydrogen-bond acceptors (Lipinski definition) is 5. The highest BCUT2D eigenvalue weighted by Crippen LogP contribution is 2.32. The molecule has 7 nitrogen and oxygen atoms in total. The molecule has 0 N–H and O–H groups in total. The second kappa shape index (κ2) is 6.31. The Kier molecular flexibility index (Phi) is 3.64. The fourth-order valence-corrected chi connectivity index (χ4v) is 2.93. The summed E-state index contributed by atoms with van der Waals surface area (Å²) in [5.74, 6) is -0.421. The van der Waals surface area contributed by atoms with Crippen LogP contribution in [0.5, 0.6) is 0 Å². The van der Waals surface area contributed by atoms with Gasteiger partial charge in [0.1, 0.15) is 17.8 Å². The third kappa shape index (κ3) is 2.78. The van der Waals surface area contributed by atoms with Gasteiger partial charge in [-0.2, -0.15) is 14.0 Å². The smallest absolute Gasteiger partial charge is 0.213 e. The summed E-state index contributed by atoms with van der Waals surface area (Å²) in [5.41, 5.74) is 3.13. The molecule has 0 radical (unpaired) electrons. The zero-order valence-electron chi connectivity index (χ0n) is 14.2. The van der Waals surface area contributed by atoms with E-state index in [0.29, 0.717) is 33.8 Å². The average Bonchev–Trinajstić information content (AvgIpc) is 3.35. The molecule has 4 heterocycles. The molecule has 0 aliphatic heterocycles.